The van der Waals surface area contributed by atoms with E-state index in [4.69, 9.17) is 32.7 Å². The van der Waals surface area contributed by atoms with Gasteiger partial charge >= 0.3 is 0 Å². The summed E-state index contributed by atoms with van der Waals surface area (Å²) in [6.07, 6.45) is 0.767. The number of nitrogens with zero attached hydrogens (tertiary/aromatic N) is 1. The standard InChI is InChI=1S/C18H17Cl2NO3/c1-23-16-8-11-5-6-21(10-13(11)9-17(16)24-2)18(22)12-3-4-14(19)15(20)7-12/h3-4,7-9H,5-6,10H2,1-2H3. The Morgan fingerprint density at radius 3 is 2.29 bits per heavy atom. The highest BCUT2D eigenvalue weighted by Gasteiger charge is 2.24. The van der Waals surface area contributed by atoms with Gasteiger partial charge in [-0.25, -0.2) is 0 Å². The summed E-state index contributed by atoms with van der Waals surface area (Å²) in [6.45, 7) is 1.16. The second-order valence-electron chi connectivity index (χ2n) is 5.58. The van der Waals surface area contributed by atoms with Crippen LogP contribution in [-0.2, 0) is 13.0 Å². The molecule has 3 rings (SSSR count). The highest BCUT2D eigenvalue weighted by Crippen LogP contribution is 2.33. The lowest BCUT2D eigenvalue weighted by atomic mass is 9.98. The monoisotopic (exact) mass is 365 g/mol. The average Bonchev–Trinajstić information content (AvgIpc) is 2.61. The van der Waals surface area contributed by atoms with Gasteiger partial charge in [0.2, 0.25) is 0 Å². The molecule has 1 heterocycles. The van der Waals surface area contributed by atoms with E-state index in [-0.39, 0.29) is 5.91 Å². The van der Waals surface area contributed by atoms with E-state index in [9.17, 15) is 4.79 Å². The van der Waals surface area contributed by atoms with Crippen LogP contribution in [0, 0.1) is 0 Å². The normalized spacial score (nSPS) is 13.4. The van der Waals surface area contributed by atoms with Crippen molar-refractivity contribution in [1.82, 2.24) is 4.90 Å². The van der Waals surface area contributed by atoms with Crippen LogP contribution in [0.3, 0.4) is 0 Å². The fourth-order valence-electron chi connectivity index (χ4n) is 2.87. The van der Waals surface area contributed by atoms with Crippen LogP contribution in [0.4, 0.5) is 0 Å². The van der Waals surface area contributed by atoms with E-state index in [1.165, 1.54) is 5.56 Å². The van der Waals surface area contributed by atoms with E-state index >= 15 is 0 Å². The highest BCUT2D eigenvalue weighted by atomic mass is 35.5. The molecule has 2 aromatic carbocycles. The van der Waals surface area contributed by atoms with Gasteiger partial charge in [-0.1, -0.05) is 23.2 Å². The molecule has 0 bridgehead atoms. The lowest BCUT2D eigenvalue weighted by Crippen LogP contribution is -2.36. The summed E-state index contributed by atoms with van der Waals surface area (Å²) in [5.74, 6) is 1.31. The van der Waals surface area contributed by atoms with Gasteiger partial charge in [0.15, 0.2) is 11.5 Å². The van der Waals surface area contributed by atoms with Crippen molar-refractivity contribution < 1.29 is 14.3 Å². The predicted octanol–water partition coefficient (Wildman–Crippen LogP) is 4.21. The molecule has 6 heteroatoms. The quantitative estimate of drug-likeness (QED) is 0.817. The second-order valence-corrected chi connectivity index (χ2v) is 6.40. The van der Waals surface area contributed by atoms with Gasteiger partial charge in [-0.2, -0.15) is 0 Å². The molecular formula is C18H17Cl2NO3. The van der Waals surface area contributed by atoms with E-state index in [1.807, 2.05) is 12.1 Å². The van der Waals surface area contributed by atoms with Crippen molar-refractivity contribution in [2.45, 2.75) is 13.0 Å². The van der Waals surface area contributed by atoms with Crippen molar-refractivity contribution in [3.8, 4) is 11.5 Å². The fourth-order valence-corrected chi connectivity index (χ4v) is 3.17. The first kappa shape index (κ1) is 16.9. The predicted molar refractivity (Wildman–Crippen MR) is 94.5 cm³/mol. The number of rotatable bonds is 3. The molecule has 0 saturated carbocycles. The van der Waals surface area contributed by atoms with Gasteiger partial charge in [0, 0.05) is 18.7 Å². The molecule has 1 aliphatic rings. The zero-order valence-corrected chi connectivity index (χ0v) is 14.9. The van der Waals surface area contributed by atoms with Crippen molar-refractivity contribution in [1.29, 1.82) is 0 Å². The number of amides is 1. The molecule has 1 amide bonds. The molecule has 126 valence electrons. The van der Waals surface area contributed by atoms with Crippen molar-refractivity contribution >= 4 is 29.1 Å². The third kappa shape index (κ3) is 3.17. The average molecular weight is 366 g/mol. The summed E-state index contributed by atoms with van der Waals surface area (Å²) in [6, 6.07) is 8.86. The first-order valence-corrected chi connectivity index (χ1v) is 8.27. The van der Waals surface area contributed by atoms with Crippen LogP contribution in [0.5, 0.6) is 11.5 Å². The Balaban J connectivity index is 1.86. The molecule has 0 unspecified atom stereocenters. The van der Waals surface area contributed by atoms with Gasteiger partial charge in [0.05, 0.1) is 24.3 Å². The van der Waals surface area contributed by atoms with Crippen LogP contribution in [0.1, 0.15) is 21.5 Å². The molecule has 2 aromatic rings. The van der Waals surface area contributed by atoms with E-state index in [1.54, 1.807) is 37.3 Å². The maximum Gasteiger partial charge on any atom is 0.254 e. The van der Waals surface area contributed by atoms with Gasteiger partial charge in [-0.3, -0.25) is 4.79 Å². The summed E-state index contributed by atoms with van der Waals surface area (Å²) >= 11 is 11.9. The fraction of sp³-hybridized carbons (Fsp3) is 0.278. The summed E-state index contributed by atoms with van der Waals surface area (Å²) in [4.78, 5) is 14.5. The van der Waals surface area contributed by atoms with Crippen LogP contribution >= 0.6 is 23.2 Å². The molecule has 0 atom stereocenters. The number of hydrogen-bond donors (Lipinski definition) is 0. The van der Waals surface area contributed by atoms with Crippen LogP contribution < -0.4 is 9.47 Å². The van der Waals surface area contributed by atoms with E-state index in [0.29, 0.717) is 40.2 Å². The third-order valence-electron chi connectivity index (χ3n) is 4.17. The molecule has 0 saturated heterocycles. The number of fused-ring (bicyclic) bond motifs is 1. The summed E-state index contributed by atoms with van der Waals surface area (Å²) in [5.41, 5.74) is 2.77. The SMILES string of the molecule is COc1cc2c(cc1OC)CN(C(=O)c1ccc(Cl)c(Cl)c1)CC2. The Hall–Kier alpha value is -1.91. The number of hydrogen-bond acceptors (Lipinski definition) is 3. The molecule has 24 heavy (non-hydrogen) atoms. The second kappa shape index (κ2) is 6.91. The Kier molecular flexibility index (Phi) is 4.88. The molecular weight excluding hydrogens is 349 g/mol. The smallest absolute Gasteiger partial charge is 0.254 e. The van der Waals surface area contributed by atoms with Gasteiger partial charge in [0.25, 0.3) is 5.91 Å². The Bertz CT molecular complexity index is 792. The number of ether oxygens (including phenoxy) is 2. The lowest BCUT2D eigenvalue weighted by Gasteiger charge is -2.29. The zero-order chi connectivity index (χ0) is 17.3. The molecule has 0 spiro atoms. The Morgan fingerprint density at radius 2 is 1.67 bits per heavy atom. The molecule has 4 nitrogen and oxygen atoms in total. The minimum Gasteiger partial charge on any atom is -0.493 e. The first-order valence-electron chi connectivity index (χ1n) is 7.51. The minimum absolute atomic E-state index is 0.0611. The van der Waals surface area contributed by atoms with Crippen molar-refractivity contribution in [3.05, 3.63) is 57.1 Å². The number of carbonyl (C=O) groups is 1. The molecule has 0 N–H and O–H groups in total. The maximum atomic E-state index is 12.7. The number of benzene rings is 2. The Labute approximate surface area is 150 Å². The van der Waals surface area contributed by atoms with E-state index in [0.717, 1.165) is 12.0 Å². The van der Waals surface area contributed by atoms with E-state index < -0.39 is 0 Å². The highest BCUT2D eigenvalue weighted by molar-refractivity contribution is 6.42. The van der Waals surface area contributed by atoms with Crippen LogP contribution in [-0.4, -0.2) is 31.6 Å². The van der Waals surface area contributed by atoms with Crippen molar-refractivity contribution in [2.75, 3.05) is 20.8 Å². The van der Waals surface area contributed by atoms with Gasteiger partial charge < -0.3 is 14.4 Å². The Morgan fingerprint density at radius 1 is 1.00 bits per heavy atom. The molecule has 0 fully saturated rings. The lowest BCUT2D eigenvalue weighted by molar-refractivity contribution is 0.0734. The van der Waals surface area contributed by atoms with Crippen LogP contribution in [0.25, 0.3) is 0 Å². The van der Waals surface area contributed by atoms with Crippen LogP contribution in [0.2, 0.25) is 10.0 Å². The number of halogens is 2. The van der Waals surface area contributed by atoms with E-state index in [2.05, 4.69) is 0 Å². The summed E-state index contributed by atoms with van der Waals surface area (Å²) in [5, 5.41) is 0.820. The molecule has 0 radical (unpaired) electrons. The number of carbonyl (C=O) groups excluding carboxylic acids is 1. The first-order chi connectivity index (χ1) is 11.5. The molecule has 1 aliphatic heterocycles. The van der Waals surface area contributed by atoms with Crippen molar-refractivity contribution in [2.24, 2.45) is 0 Å². The van der Waals surface area contributed by atoms with Gasteiger partial charge in [-0.05, 0) is 47.9 Å². The minimum atomic E-state index is -0.0611. The third-order valence-corrected chi connectivity index (χ3v) is 4.91. The number of methoxy groups -OCH3 is 2. The summed E-state index contributed by atoms with van der Waals surface area (Å²) < 4.78 is 10.7. The van der Waals surface area contributed by atoms with Crippen molar-refractivity contribution in [3.63, 3.8) is 0 Å². The largest absolute Gasteiger partial charge is 0.493 e. The zero-order valence-electron chi connectivity index (χ0n) is 13.4. The topological polar surface area (TPSA) is 38.8 Å². The molecule has 0 aliphatic carbocycles. The van der Waals surface area contributed by atoms with Gasteiger partial charge in [0.1, 0.15) is 0 Å². The molecule has 0 aromatic heterocycles. The van der Waals surface area contributed by atoms with Gasteiger partial charge in [-0.15, -0.1) is 0 Å². The van der Waals surface area contributed by atoms with Crippen LogP contribution in [0.15, 0.2) is 30.3 Å². The maximum absolute atomic E-state index is 12.7. The summed E-state index contributed by atoms with van der Waals surface area (Å²) in [7, 11) is 3.22.